The molecule has 2 aromatic carbocycles. The number of hydrogen-bond acceptors (Lipinski definition) is 6. The number of ether oxygens (including phenoxy) is 2. The van der Waals surface area contributed by atoms with Gasteiger partial charge in [0.15, 0.2) is 6.29 Å². The standard InChI is InChI=1S/C25H33N3O5/c1-2-26-25(31)27-20-5-3-4-19(12-20)24-32-22(15-28-11-10-21(30)14-28)13-23(33-24)18-8-6-17(16-29)7-9-18/h3-9,12,21-24,29-30H,2,10-11,13-16H2,1H3,(H2,26,27,31)/t21-,22-,23+,24+/m0/s1. The van der Waals surface area contributed by atoms with Gasteiger partial charge in [-0.2, -0.15) is 0 Å². The van der Waals surface area contributed by atoms with Crippen LogP contribution >= 0.6 is 0 Å². The van der Waals surface area contributed by atoms with Gasteiger partial charge in [-0.3, -0.25) is 4.90 Å². The summed E-state index contributed by atoms with van der Waals surface area (Å²) in [6, 6.07) is 15.0. The van der Waals surface area contributed by atoms with Crippen molar-refractivity contribution < 1.29 is 24.5 Å². The molecular weight excluding hydrogens is 422 g/mol. The minimum Gasteiger partial charge on any atom is -0.392 e. The SMILES string of the molecule is CCNC(=O)Nc1cccc([C@@H]2O[C@H](CN3CC[C@H](O)C3)C[C@H](c3ccc(CO)cc3)O2)c1. The third kappa shape index (κ3) is 6.31. The molecule has 8 heteroatoms. The molecular formula is C25H33N3O5. The summed E-state index contributed by atoms with van der Waals surface area (Å²) >= 11 is 0. The summed E-state index contributed by atoms with van der Waals surface area (Å²) in [5, 5.41) is 24.8. The Bertz CT molecular complexity index is 923. The molecule has 2 amide bonds. The molecule has 178 valence electrons. The van der Waals surface area contributed by atoms with Crippen LogP contribution in [-0.2, 0) is 16.1 Å². The van der Waals surface area contributed by atoms with Gasteiger partial charge < -0.3 is 30.3 Å². The van der Waals surface area contributed by atoms with Crippen molar-refractivity contribution in [1.29, 1.82) is 0 Å². The van der Waals surface area contributed by atoms with Crippen LogP contribution in [0, 0.1) is 0 Å². The molecule has 0 unspecified atom stereocenters. The van der Waals surface area contributed by atoms with Crippen molar-refractivity contribution in [3.05, 3.63) is 65.2 Å². The maximum Gasteiger partial charge on any atom is 0.319 e. The number of aliphatic hydroxyl groups excluding tert-OH is 2. The number of hydrogen-bond donors (Lipinski definition) is 4. The summed E-state index contributed by atoms with van der Waals surface area (Å²) in [6.07, 6.45) is 0.366. The van der Waals surface area contributed by atoms with E-state index in [-0.39, 0.29) is 30.9 Å². The molecule has 2 aliphatic heterocycles. The minimum atomic E-state index is -0.588. The fourth-order valence-electron chi connectivity index (χ4n) is 4.40. The van der Waals surface area contributed by atoms with Crippen LogP contribution in [0.3, 0.4) is 0 Å². The van der Waals surface area contributed by atoms with Gasteiger partial charge in [-0.15, -0.1) is 0 Å². The Hall–Kier alpha value is -2.49. The first kappa shape index (κ1) is 23.7. The zero-order valence-corrected chi connectivity index (χ0v) is 18.9. The smallest absolute Gasteiger partial charge is 0.319 e. The molecule has 0 saturated carbocycles. The molecule has 0 spiro atoms. The van der Waals surface area contributed by atoms with E-state index in [0.717, 1.165) is 36.2 Å². The number of rotatable bonds is 7. The van der Waals surface area contributed by atoms with Crippen molar-refractivity contribution in [3.8, 4) is 0 Å². The van der Waals surface area contributed by atoms with Gasteiger partial charge in [0, 0.05) is 43.9 Å². The Morgan fingerprint density at radius 3 is 2.67 bits per heavy atom. The van der Waals surface area contributed by atoms with E-state index >= 15 is 0 Å². The number of amides is 2. The second kappa shape index (κ2) is 11.1. The predicted octanol–water partition coefficient (Wildman–Crippen LogP) is 2.93. The summed E-state index contributed by atoms with van der Waals surface area (Å²) < 4.78 is 12.7. The number of aliphatic hydroxyl groups is 2. The van der Waals surface area contributed by atoms with Crippen LogP contribution < -0.4 is 10.6 Å². The topological polar surface area (TPSA) is 103 Å². The normalized spacial score (nSPS) is 25.7. The molecule has 8 nitrogen and oxygen atoms in total. The van der Waals surface area contributed by atoms with Gasteiger partial charge in [-0.05, 0) is 36.6 Å². The number of nitrogens with one attached hydrogen (secondary N) is 2. The second-order valence-electron chi connectivity index (χ2n) is 8.66. The molecule has 0 bridgehead atoms. The average Bonchev–Trinajstić information content (AvgIpc) is 3.23. The van der Waals surface area contributed by atoms with Gasteiger partial charge in [-0.1, -0.05) is 36.4 Å². The summed E-state index contributed by atoms with van der Waals surface area (Å²) in [6.45, 7) is 4.65. The second-order valence-corrected chi connectivity index (χ2v) is 8.66. The summed E-state index contributed by atoms with van der Waals surface area (Å²) in [4.78, 5) is 14.2. The fraction of sp³-hybridized carbons (Fsp3) is 0.480. The number of anilines is 1. The maximum atomic E-state index is 11.9. The van der Waals surface area contributed by atoms with Crippen LogP contribution in [0.5, 0.6) is 0 Å². The highest BCUT2D eigenvalue weighted by Gasteiger charge is 2.34. The number of benzene rings is 2. The van der Waals surface area contributed by atoms with Gasteiger partial charge in [0.2, 0.25) is 0 Å². The number of β-amino-alcohol motifs (C(OH)–C–C–N with tert-alkyl or cyclic N) is 1. The molecule has 2 aliphatic rings. The number of likely N-dealkylation sites (tertiary alicyclic amines) is 1. The summed E-state index contributed by atoms with van der Waals surface area (Å²) in [7, 11) is 0. The van der Waals surface area contributed by atoms with Crippen LogP contribution in [0.2, 0.25) is 0 Å². The Kier molecular flexibility index (Phi) is 7.95. The highest BCUT2D eigenvalue weighted by molar-refractivity contribution is 5.89. The van der Waals surface area contributed by atoms with Crippen molar-refractivity contribution in [2.45, 2.75) is 51.0 Å². The van der Waals surface area contributed by atoms with E-state index in [2.05, 4.69) is 15.5 Å². The lowest BCUT2D eigenvalue weighted by Gasteiger charge is -2.38. The van der Waals surface area contributed by atoms with Crippen LogP contribution in [0.15, 0.2) is 48.5 Å². The number of carbonyl (C=O) groups is 1. The van der Waals surface area contributed by atoms with Gasteiger partial charge in [-0.25, -0.2) is 4.79 Å². The third-order valence-corrected chi connectivity index (χ3v) is 6.08. The average molecular weight is 456 g/mol. The first-order valence-corrected chi connectivity index (χ1v) is 11.6. The quantitative estimate of drug-likeness (QED) is 0.512. The molecule has 0 aliphatic carbocycles. The molecule has 2 heterocycles. The summed E-state index contributed by atoms with van der Waals surface area (Å²) in [5.41, 5.74) is 3.38. The highest BCUT2D eigenvalue weighted by Crippen LogP contribution is 2.38. The molecule has 4 rings (SSSR count). The lowest BCUT2D eigenvalue weighted by molar-refractivity contribution is -0.252. The zero-order valence-electron chi connectivity index (χ0n) is 18.9. The first-order valence-electron chi connectivity index (χ1n) is 11.6. The van der Waals surface area contributed by atoms with E-state index < -0.39 is 6.29 Å². The van der Waals surface area contributed by atoms with E-state index in [0.29, 0.717) is 25.2 Å². The van der Waals surface area contributed by atoms with Crippen LogP contribution in [0.1, 0.15) is 48.8 Å². The van der Waals surface area contributed by atoms with E-state index in [1.54, 1.807) is 0 Å². The minimum absolute atomic E-state index is 0.00283. The zero-order chi connectivity index (χ0) is 23.2. The van der Waals surface area contributed by atoms with E-state index in [1.165, 1.54) is 0 Å². The fourth-order valence-corrected chi connectivity index (χ4v) is 4.40. The van der Waals surface area contributed by atoms with Crippen molar-refractivity contribution >= 4 is 11.7 Å². The molecule has 33 heavy (non-hydrogen) atoms. The third-order valence-electron chi connectivity index (χ3n) is 6.08. The Morgan fingerprint density at radius 1 is 1.15 bits per heavy atom. The van der Waals surface area contributed by atoms with Crippen LogP contribution in [0.25, 0.3) is 0 Å². The predicted molar refractivity (Wildman–Crippen MR) is 125 cm³/mol. The van der Waals surface area contributed by atoms with Crippen molar-refractivity contribution in [3.63, 3.8) is 0 Å². The first-order chi connectivity index (χ1) is 16.0. The molecule has 2 saturated heterocycles. The van der Waals surface area contributed by atoms with Crippen LogP contribution in [0.4, 0.5) is 10.5 Å². The van der Waals surface area contributed by atoms with Gasteiger partial charge in [0.05, 0.1) is 24.9 Å². The van der Waals surface area contributed by atoms with Gasteiger partial charge >= 0.3 is 6.03 Å². The number of nitrogens with zero attached hydrogens (tertiary/aromatic N) is 1. The lowest BCUT2D eigenvalue weighted by Crippen LogP contribution is -2.38. The lowest BCUT2D eigenvalue weighted by atomic mass is 9.99. The van der Waals surface area contributed by atoms with Gasteiger partial charge in [0.1, 0.15) is 0 Å². The van der Waals surface area contributed by atoms with Crippen molar-refractivity contribution in [2.24, 2.45) is 0 Å². The number of carbonyl (C=O) groups excluding carboxylic acids is 1. The largest absolute Gasteiger partial charge is 0.392 e. The molecule has 0 radical (unpaired) electrons. The Balaban J connectivity index is 1.53. The summed E-state index contributed by atoms with van der Waals surface area (Å²) in [5.74, 6) is 0. The van der Waals surface area contributed by atoms with Crippen molar-refractivity contribution in [2.75, 3.05) is 31.5 Å². The molecule has 0 aromatic heterocycles. The molecule has 4 atom stereocenters. The maximum absolute atomic E-state index is 11.9. The monoisotopic (exact) mass is 455 g/mol. The molecule has 2 fully saturated rings. The van der Waals surface area contributed by atoms with E-state index in [4.69, 9.17) is 9.47 Å². The van der Waals surface area contributed by atoms with Crippen molar-refractivity contribution in [1.82, 2.24) is 10.2 Å². The Labute approximate surface area is 194 Å². The molecule has 2 aromatic rings. The number of urea groups is 1. The van der Waals surface area contributed by atoms with E-state index in [9.17, 15) is 15.0 Å². The molecule has 4 N–H and O–H groups in total. The Morgan fingerprint density at radius 2 is 1.97 bits per heavy atom. The van der Waals surface area contributed by atoms with E-state index in [1.807, 2.05) is 55.5 Å². The van der Waals surface area contributed by atoms with Gasteiger partial charge in [0.25, 0.3) is 0 Å². The highest BCUT2D eigenvalue weighted by atomic mass is 16.7. The van der Waals surface area contributed by atoms with Crippen LogP contribution in [-0.4, -0.2) is 59.5 Å².